The van der Waals surface area contributed by atoms with Gasteiger partial charge in [0.15, 0.2) is 0 Å². The van der Waals surface area contributed by atoms with E-state index < -0.39 is 11.9 Å². The first-order valence-electron chi connectivity index (χ1n) is 10.2. The Morgan fingerprint density at radius 2 is 1.06 bits per heavy atom. The quantitative estimate of drug-likeness (QED) is 0.245. The van der Waals surface area contributed by atoms with Gasteiger partial charge in [-0.25, -0.2) is 9.59 Å². The van der Waals surface area contributed by atoms with Crippen LogP contribution >= 0.6 is 0 Å². The molecule has 0 atom stereocenters. The molecule has 168 valence electrons. The Labute approximate surface area is 188 Å². The maximum atomic E-state index is 12.7. The highest BCUT2D eigenvalue weighted by atomic mass is 16.5. The van der Waals surface area contributed by atoms with Crippen LogP contribution in [0.15, 0.2) is 82.0 Å². The van der Waals surface area contributed by atoms with E-state index in [1.54, 1.807) is 38.0 Å². The molecule has 0 saturated carbocycles. The summed E-state index contributed by atoms with van der Waals surface area (Å²) in [5, 5.41) is 11.8. The third kappa shape index (κ3) is 7.09. The Hall–Kier alpha value is -3.94. The predicted octanol–water partition coefficient (Wildman–Crippen LogP) is 3.65. The monoisotopic (exact) mass is 436 g/mol. The highest BCUT2D eigenvalue weighted by Crippen LogP contribution is 2.14. The van der Waals surface area contributed by atoms with Crippen molar-refractivity contribution in [1.29, 1.82) is 0 Å². The molecule has 32 heavy (non-hydrogen) atoms. The summed E-state index contributed by atoms with van der Waals surface area (Å²) in [7, 11) is 3.46. The van der Waals surface area contributed by atoms with Gasteiger partial charge in [0.1, 0.15) is 0 Å². The molecule has 2 aromatic rings. The zero-order valence-corrected chi connectivity index (χ0v) is 18.8. The third-order valence-electron chi connectivity index (χ3n) is 4.26. The van der Waals surface area contributed by atoms with E-state index in [0.717, 1.165) is 11.4 Å². The Morgan fingerprint density at radius 3 is 1.38 bits per heavy atom. The molecule has 2 rings (SSSR count). The number of hydrazone groups is 2. The molecular formula is C24H28N4O4. The number of anilines is 2. The van der Waals surface area contributed by atoms with Crippen molar-refractivity contribution >= 4 is 35.7 Å². The summed E-state index contributed by atoms with van der Waals surface area (Å²) in [6, 6.07) is 18.8. The summed E-state index contributed by atoms with van der Waals surface area (Å²) < 4.78 is 10.3. The lowest BCUT2D eigenvalue weighted by Crippen LogP contribution is -2.21. The number of nitrogens with zero attached hydrogens (tertiary/aromatic N) is 4. The minimum Gasteiger partial charge on any atom is -0.462 e. The molecule has 0 unspecified atom stereocenters. The Balaban J connectivity index is 2.47. The van der Waals surface area contributed by atoms with Crippen LogP contribution in [0.1, 0.15) is 13.8 Å². The van der Waals surface area contributed by atoms with Gasteiger partial charge in [0.2, 0.25) is 0 Å². The van der Waals surface area contributed by atoms with Crippen molar-refractivity contribution in [2.45, 2.75) is 13.8 Å². The average Bonchev–Trinajstić information content (AvgIpc) is 2.82. The van der Waals surface area contributed by atoms with Crippen molar-refractivity contribution < 1.29 is 19.1 Å². The standard InChI is InChI=1S/C24H28N4O4/c1-5-31-23(29)21(17-25-27(3)19-13-9-7-10-14-19)22(24(30)32-6-2)18-26-28(4)20-15-11-8-12-16-20/h7-18H,5-6H2,1-4H3/b22-21+,25-17+,26-18+. The van der Waals surface area contributed by atoms with Crippen LogP contribution in [0.4, 0.5) is 11.4 Å². The molecule has 0 saturated heterocycles. The van der Waals surface area contributed by atoms with E-state index in [0.29, 0.717) is 0 Å². The molecule has 0 bridgehead atoms. The SMILES string of the molecule is CCOC(=O)C(/C=N/N(C)c1ccccc1)=C(\C=N\N(C)c1ccccc1)C(=O)OCC. The van der Waals surface area contributed by atoms with Crippen LogP contribution in [0.5, 0.6) is 0 Å². The van der Waals surface area contributed by atoms with Crippen LogP contribution in [0.2, 0.25) is 0 Å². The van der Waals surface area contributed by atoms with Crippen molar-refractivity contribution in [3.05, 3.63) is 71.8 Å². The first-order valence-corrected chi connectivity index (χ1v) is 10.2. The van der Waals surface area contributed by atoms with E-state index in [9.17, 15) is 9.59 Å². The van der Waals surface area contributed by atoms with Gasteiger partial charge in [0.25, 0.3) is 0 Å². The number of benzene rings is 2. The van der Waals surface area contributed by atoms with Crippen molar-refractivity contribution in [1.82, 2.24) is 0 Å². The second kappa shape index (κ2) is 12.7. The fourth-order valence-electron chi connectivity index (χ4n) is 2.59. The molecule has 0 spiro atoms. The van der Waals surface area contributed by atoms with Crippen LogP contribution in [-0.4, -0.2) is 51.7 Å². The number of esters is 2. The summed E-state index contributed by atoms with van der Waals surface area (Å²) in [6.45, 7) is 3.65. The van der Waals surface area contributed by atoms with E-state index in [2.05, 4.69) is 10.2 Å². The molecule has 8 heteroatoms. The molecule has 0 heterocycles. The molecule has 2 aromatic carbocycles. The Kier molecular flexibility index (Phi) is 9.65. The number of hydrogen-bond donors (Lipinski definition) is 0. The molecule has 0 N–H and O–H groups in total. The van der Waals surface area contributed by atoms with Gasteiger partial charge >= 0.3 is 11.9 Å². The second-order valence-corrected chi connectivity index (χ2v) is 6.48. The normalized spacial score (nSPS) is 11.9. The number of carbonyl (C=O) groups is 2. The number of hydrogen-bond acceptors (Lipinski definition) is 8. The number of rotatable bonds is 10. The van der Waals surface area contributed by atoms with Gasteiger partial charge in [-0.3, -0.25) is 10.0 Å². The van der Waals surface area contributed by atoms with Gasteiger partial charge in [-0.05, 0) is 38.1 Å². The summed E-state index contributed by atoms with van der Waals surface area (Å²) >= 11 is 0. The van der Waals surface area contributed by atoms with E-state index in [-0.39, 0.29) is 24.4 Å². The van der Waals surface area contributed by atoms with Gasteiger partial charge in [0, 0.05) is 14.1 Å². The van der Waals surface area contributed by atoms with Crippen LogP contribution < -0.4 is 10.0 Å². The number of para-hydroxylation sites is 2. The molecule has 0 radical (unpaired) electrons. The molecular weight excluding hydrogens is 408 g/mol. The minimum atomic E-state index is -0.699. The number of ether oxygens (including phenoxy) is 2. The summed E-state index contributed by atoms with van der Waals surface area (Å²) in [5.74, 6) is -1.40. The first-order chi connectivity index (χ1) is 15.5. The maximum absolute atomic E-state index is 12.7. The zero-order chi connectivity index (χ0) is 23.3. The lowest BCUT2D eigenvalue weighted by atomic mass is 10.1. The summed E-state index contributed by atoms with van der Waals surface area (Å²) in [6.07, 6.45) is 2.57. The predicted molar refractivity (Wildman–Crippen MR) is 127 cm³/mol. The zero-order valence-electron chi connectivity index (χ0n) is 18.8. The third-order valence-corrected chi connectivity index (χ3v) is 4.26. The van der Waals surface area contributed by atoms with Crippen molar-refractivity contribution in [3.63, 3.8) is 0 Å². The van der Waals surface area contributed by atoms with E-state index in [1.807, 2.05) is 60.7 Å². The topological polar surface area (TPSA) is 83.8 Å². The van der Waals surface area contributed by atoms with Crippen LogP contribution in [0.3, 0.4) is 0 Å². The van der Waals surface area contributed by atoms with Gasteiger partial charge in [-0.15, -0.1) is 0 Å². The van der Waals surface area contributed by atoms with Gasteiger partial charge in [-0.2, -0.15) is 10.2 Å². The second-order valence-electron chi connectivity index (χ2n) is 6.48. The molecule has 8 nitrogen and oxygen atoms in total. The summed E-state index contributed by atoms with van der Waals surface area (Å²) in [4.78, 5) is 25.4. The average molecular weight is 437 g/mol. The Morgan fingerprint density at radius 1 is 0.719 bits per heavy atom. The molecule has 0 aliphatic heterocycles. The van der Waals surface area contributed by atoms with Gasteiger partial charge < -0.3 is 9.47 Å². The number of carbonyl (C=O) groups excluding carboxylic acids is 2. The van der Waals surface area contributed by atoms with E-state index in [1.165, 1.54) is 12.4 Å². The van der Waals surface area contributed by atoms with Crippen LogP contribution in [0, 0.1) is 0 Å². The summed E-state index contributed by atoms with van der Waals surface area (Å²) in [5.41, 5.74) is 1.50. The maximum Gasteiger partial charge on any atom is 0.340 e. The fourth-order valence-corrected chi connectivity index (χ4v) is 2.59. The fraction of sp³-hybridized carbons (Fsp3) is 0.250. The molecule has 0 fully saturated rings. The molecule has 0 aliphatic carbocycles. The lowest BCUT2D eigenvalue weighted by molar-refractivity contribution is -0.140. The van der Waals surface area contributed by atoms with Crippen molar-refractivity contribution in [3.8, 4) is 0 Å². The Bertz CT molecular complexity index is 893. The lowest BCUT2D eigenvalue weighted by Gasteiger charge is -2.14. The highest BCUT2D eigenvalue weighted by molar-refractivity contribution is 6.23. The largest absolute Gasteiger partial charge is 0.462 e. The van der Waals surface area contributed by atoms with E-state index in [4.69, 9.17) is 9.47 Å². The van der Waals surface area contributed by atoms with Gasteiger partial charge in [-0.1, -0.05) is 36.4 Å². The minimum absolute atomic E-state index is 0.0571. The molecule has 0 amide bonds. The van der Waals surface area contributed by atoms with Crippen molar-refractivity contribution in [2.75, 3.05) is 37.3 Å². The molecule has 0 aliphatic rings. The van der Waals surface area contributed by atoms with Crippen LogP contribution in [0.25, 0.3) is 0 Å². The highest BCUT2D eigenvalue weighted by Gasteiger charge is 2.21. The van der Waals surface area contributed by atoms with Gasteiger partial charge in [0.05, 0.1) is 48.2 Å². The smallest absolute Gasteiger partial charge is 0.340 e. The molecule has 0 aromatic heterocycles. The van der Waals surface area contributed by atoms with Crippen molar-refractivity contribution in [2.24, 2.45) is 10.2 Å². The van der Waals surface area contributed by atoms with Crippen LogP contribution in [-0.2, 0) is 19.1 Å². The first kappa shape index (κ1) is 24.3. The van der Waals surface area contributed by atoms with E-state index >= 15 is 0 Å².